The molecule has 2 aromatic rings. The van der Waals surface area contributed by atoms with Gasteiger partial charge >= 0.3 is 6.36 Å². The van der Waals surface area contributed by atoms with Gasteiger partial charge in [0.2, 0.25) is 5.91 Å². The molecule has 0 spiro atoms. The van der Waals surface area contributed by atoms with Crippen LogP contribution in [0, 0.1) is 0 Å². The van der Waals surface area contributed by atoms with Crippen molar-refractivity contribution in [3.05, 3.63) is 48.5 Å². The summed E-state index contributed by atoms with van der Waals surface area (Å²) in [5, 5.41) is 4.69. The van der Waals surface area contributed by atoms with Crippen LogP contribution in [0.5, 0.6) is 17.2 Å². The summed E-state index contributed by atoms with van der Waals surface area (Å²) in [7, 11) is 1.52. The minimum absolute atomic E-state index is 0.0930. The number of carbonyl (C=O) groups is 2. The van der Waals surface area contributed by atoms with Gasteiger partial charge in [-0.25, -0.2) is 0 Å². The Morgan fingerprint density at radius 3 is 2.29 bits per heavy atom. The molecule has 0 bridgehead atoms. The predicted molar refractivity (Wildman–Crippen MR) is 93.3 cm³/mol. The summed E-state index contributed by atoms with van der Waals surface area (Å²) in [4.78, 5) is 23.5. The lowest BCUT2D eigenvalue weighted by Gasteiger charge is -2.11. The molecule has 150 valence electrons. The SMILES string of the molecule is COc1ccc(OCC(=O)NCC(=O)Nc2cccc(OC(F)(F)F)c2)cc1. The maximum atomic E-state index is 12.2. The van der Waals surface area contributed by atoms with Gasteiger partial charge < -0.3 is 24.8 Å². The summed E-state index contributed by atoms with van der Waals surface area (Å²) in [5.41, 5.74) is 0.0930. The van der Waals surface area contributed by atoms with E-state index in [9.17, 15) is 22.8 Å². The van der Waals surface area contributed by atoms with Crippen LogP contribution >= 0.6 is 0 Å². The first-order valence-corrected chi connectivity index (χ1v) is 7.94. The number of carbonyl (C=O) groups excluding carboxylic acids is 2. The van der Waals surface area contributed by atoms with Gasteiger partial charge in [0, 0.05) is 11.8 Å². The van der Waals surface area contributed by atoms with Gasteiger partial charge in [-0.1, -0.05) is 6.07 Å². The molecule has 0 aromatic heterocycles. The van der Waals surface area contributed by atoms with E-state index in [0.717, 1.165) is 12.1 Å². The largest absolute Gasteiger partial charge is 0.573 e. The van der Waals surface area contributed by atoms with E-state index in [1.165, 1.54) is 19.2 Å². The quantitative estimate of drug-likeness (QED) is 0.714. The fourth-order valence-electron chi connectivity index (χ4n) is 2.03. The summed E-state index contributed by atoms with van der Waals surface area (Å²) in [5.74, 6) is -0.552. The van der Waals surface area contributed by atoms with Gasteiger partial charge in [0.25, 0.3) is 5.91 Å². The Bertz CT molecular complexity index is 810. The van der Waals surface area contributed by atoms with E-state index in [-0.39, 0.29) is 18.8 Å². The molecule has 0 unspecified atom stereocenters. The Morgan fingerprint density at radius 2 is 1.64 bits per heavy atom. The molecule has 0 atom stereocenters. The van der Waals surface area contributed by atoms with Crippen molar-refractivity contribution in [3.8, 4) is 17.2 Å². The summed E-state index contributed by atoms with van der Waals surface area (Å²) in [6, 6.07) is 11.4. The van der Waals surface area contributed by atoms with Crippen LogP contribution in [-0.4, -0.2) is 38.4 Å². The van der Waals surface area contributed by atoms with Crippen molar-refractivity contribution in [1.82, 2.24) is 5.32 Å². The van der Waals surface area contributed by atoms with Crippen molar-refractivity contribution < 1.29 is 37.0 Å². The number of hydrogen-bond acceptors (Lipinski definition) is 5. The monoisotopic (exact) mass is 398 g/mol. The maximum absolute atomic E-state index is 12.2. The van der Waals surface area contributed by atoms with Crippen LogP contribution in [0.25, 0.3) is 0 Å². The molecule has 0 aliphatic rings. The van der Waals surface area contributed by atoms with Crippen molar-refractivity contribution in [2.45, 2.75) is 6.36 Å². The summed E-state index contributed by atoms with van der Waals surface area (Å²) in [6.45, 7) is -0.691. The van der Waals surface area contributed by atoms with Crippen LogP contribution in [0.4, 0.5) is 18.9 Å². The number of rotatable bonds is 8. The third kappa shape index (κ3) is 7.44. The Morgan fingerprint density at radius 1 is 0.964 bits per heavy atom. The number of anilines is 1. The van der Waals surface area contributed by atoms with Crippen LogP contribution in [0.3, 0.4) is 0 Å². The van der Waals surface area contributed by atoms with Gasteiger partial charge in [-0.15, -0.1) is 13.2 Å². The van der Waals surface area contributed by atoms with E-state index in [4.69, 9.17) is 9.47 Å². The molecule has 2 aromatic carbocycles. The lowest BCUT2D eigenvalue weighted by atomic mass is 10.3. The highest BCUT2D eigenvalue weighted by atomic mass is 19.4. The van der Waals surface area contributed by atoms with Gasteiger partial charge in [0.1, 0.15) is 17.2 Å². The molecular weight excluding hydrogens is 381 g/mol. The van der Waals surface area contributed by atoms with Gasteiger partial charge in [-0.05, 0) is 36.4 Å². The number of alkyl halides is 3. The number of ether oxygens (including phenoxy) is 3. The Balaban J connectivity index is 1.75. The first kappa shape index (κ1) is 20.9. The zero-order valence-electron chi connectivity index (χ0n) is 14.7. The zero-order valence-corrected chi connectivity index (χ0v) is 14.7. The van der Waals surface area contributed by atoms with Crippen molar-refractivity contribution in [1.29, 1.82) is 0 Å². The highest BCUT2D eigenvalue weighted by Gasteiger charge is 2.31. The molecule has 0 saturated carbocycles. The van der Waals surface area contributed by atoms with Gasteiger partial charge in [-0.3, -0.25) is 9.59 Å². The van der Waals surface area contributed by atoms with E-state index in [0.29, 0.717) is 11.5 Å². The molecule has 0 radical (unpaired) electrons. The fraction of sp³-hybridized carbons (Fsp3) is 0.222. The number of hydrogen-bond donors (Lipinski definition) is 2. The summed E-state index contributed by atoms with van der Waals surface area (Å²) in [6.07, 6.45) is -4.83. The van der Waals surface area contributed by atoms with Crippen LogP contribution in [0.1, 0.15) is 0 Å². The minimum Gasteiger partial charge on any atom is -0.497 e. The standard InChI is InChI=1S/C18H17F3N2O5/c1-26-13-5-7-14(8-6-13)27-11-17(25)22-10-16(24)23-12-3-2-4-15(9-12)28-18(19,20)21/h2-9H,10-11H2,1H3,(H,22,25)(H,23,24). The molecule has 0 aliphatic heterocycles. The second-order valence-electron chi connectivity index (χ2n) is 5.36. The molecule has 10 heteroatoms. The predicted octanol–water partition coefficient (Wildman–Crippen LogP) is 2.73. The zero-order chi connectivity index (χ0) is 20.6. The third-order valence-electron chi connectivity index (χ3n) is 3.23. The Kier molecular flexibility index (Phi) is 7.08. The summed E-state index contributed by atoms with van der Waals surface area (Å²) >= 11 is 0. The van der Waals surface area contributed by atoms with E-state index in [1.54, 1.807) is 24.3 Å². The van der Waals surface area contributed by atoms with Gasteiger partial charge in [-0.2, -0.15) is 0 Å². The lowest BCUT2D eigenvalue weighted by Crippen LogP contribution is -2.35. The van der Waals surface area contributed by atoms with E-state index < -0.39 is 23.9 Å². The molecule has 2 rings (SSSR count). The highest BCUT2D eigenvalue weighted by Crippen LogP contribution is 2.25. The van der Waals surface area contributed by atoms with E-state index in [1.807, 2.05) is 0 Å². The smallest absolute Gasteiger partial charge is 0.497 e. The Labute approximate surface area is 158 Å². The number of methoxy groups -OCH3 is 1. The molecule has 28 heavy (non-hydrogen) atoms. The number of benzene rings is 2. The van der Waals surface area contributed by atoms with Crippen LogP contribution in [0.15, 0.2) is 48.5 Å². The molecule has 0 heterocycles. The van der Waals surface area contributed by atoms with E-state index in [2.05, 4.69) is 15.4 Å². The normalized spacial score (nSPS) is 10.7. The first-order chi connectivity index (χ1) is 13.2. The Hall–Kier alpha value is -3.43. The number of halogens is 3. The van der Waals surface area contributed by atoms with Crippen molar-refractivity contribution >= 4 is 17.5 Å². The molecule has 7 nitrogen and oxygen atoms in total. The van der Waals surface area contributed by atoms with E-state index >= 15 is 0 Å². The van der Waals surface area contributed by atoms with Crippen molar-refractivity contribution in [2.75, 3.05) is 25.6 Å². The molecule has 0 fully saturated rings. The number of nitrogens with one attached hydrogen (secondary N) is 2. The average molecular weight is 398 g/mol. The second kappa shape index (κ2) is 9.49. The van der Waals surface area contributed by atoms with Gasteiger partial charge in [0.15, 0.2) is 6.61 Å². The topological polar surface area (TPSA) is 85.9 Å². The van der Waals surface area contributed by atoms with Crippen LogP contribution in [0.2, 0.25) is 0 Å². The molecule has 2 N–H and O–H groups in total. The fourth-order valence-corrected chi connectivity index (χ4v) is 2.03. The van der Waals surface area contributed by atoms with Crippen LogP contribution < -0.4 is 24.8 Å². The number of amides is 2. The summed E-state index contributed by atoms with van der Waals surface area (Å²) < 4.78 is 50.6. The average Bonchev–Trinajstić information content (AvgIpc) is 2.64. The second-order valence-corrected chi connectivity index (χ2v) is 5.36. The van der Waals surface area contributed by atoms with Crippen molar-refractivity contribution in [3.63, 3.8) is 0 Å². The molecule has 0 aliphatic carbocycles. The lowest BCUT2D eigenvalue weighted by molar-refractivity contribution is -0.274. The molecule has 0 saturated heterocycles. The van der Waals surface area contributed by atoms with Crippen molar-refractivity contribution in [2.24, 2.45) is 0 Å². The maximum Gasteiger partial charge on any atom is 0.573 e. The highest BCUT2D eigenvalue weighted by molar-refractivity contribution is 5.94. The molecule has 2 amide bonds. The minimum atomic E-state index is -4.83. The molecular formula is C18H17F3N2O5. The first-order valence-electron chi connectivity index (χ1n) is 7.94. The van der Waals surface area contributed by atoms with Gasteiger partial charge in [0.05, 0.1) is 13.7 Å². The van der Waals surface area contributed by atoms with Crippen LogP contribution in [-0.2, 0) is 9.59 Å². The third-order valence-corrected chi connectivity index (χ3v) is 3.23.